The van der Waals surface area contributed by atoms with E-state index in [1.165, 1.54) is 16.7 Å². The maximum Gasteiger partial charge on any atom is 0.405 e. The number of aromatic nitrogens is 3. The molecule has 1 unspecified atom stereocenters. The van der Waals surface area contributed by atoms with Gasteiger partial charge in [0.25, 0.3) is 5.56 Å². The number of amides is 3. The van der Waals surface area contributed by atoms with Crippen LogP contribution in [-0.2, 0) is 16.1 Å². The summed E-state index contributed by atoms with van der Waals surface area (Å²) in [6, 6.07) is 9.35. The molecule has 0 bridgehead atoms. The Morgan fingerprint density at radius 1 is 1.22 bits per heavy atom. The number of carbonyl (C=O) groups excluding carboxylic acids is 2. The molecule has 166 valence electrons. The average molecular weight is 438 g/mol. The van der Waals surface area contributed by atoms with E-state index in [1.54, 1.807) is 12.3 Å². The minimum absolute atomic E-state index is 0.00141. The van der Waals surface area contributed by atoms with Crippen LogP contribution in [-0.4, -0.2) is 43.6 Å². The van der Waals surface area contributed by atoms with Crippen molar-refractivity contribution >= 4 is 34.6 Å². The van der Waals surface area contributed by atoms with Crippen LogP contribution in [0, 0.1) is 0 Å². The van der Waals surface area contributed by atoms with Crippen LogP contribution < -0.4 is 21.9 Å². The molecule has 3 rings (SSSR count). The SMILES string of the molecule is NC(=O)/C=C/CCC(NC(=O)O)C(=O)Nc1cccn(Cc2nc3ccccc3[nH]2)c1=O. The molecular weight excluding hydrogens is 416 g/mol. The number of hydrogen-bond acceptors (Lipinski definition) is 5. The number of hydrogen-bond donors (Lipinski definition) is 5. The topological polar surface area (TPSA) is 172 Å². The Kier molecular flexibility index (Phi) is 7.01. The van der Waals surface area contributed by atoms with Crippen LogP contribution in [0.3, 0.4) is 0 Å². The summed E-state index contributed by atoms with van der Waals surface area (Å²) in [5.74, 6) is -0.770. The van der Waals surface area contributed by atoms with Gasteiger partial charge in [0.15, 0.2) is 0 Å². The molecule has 6 N–H and O–H groups in total. The Labute approximate surface area is 182 Å². The minimum atomic E-state index is -1.39. The molecule has 0 spiro atoms. The Bertz CT molecular complexity index is 1200. The van der Waals surface area contributed by atoms with E-state index < -0.39 is 29.5 Å². The number of imidazole rings is 1. The second-order valence-electron chi connectivity index (χ2n) is 6.93. The van der Waals surface area contributed by atoms with Crippen molar-refractivity contribution in [3.05, 3.63) is 70.9 Å². The molecule has 1 atom stereocenters. The van der Waals surface area contributed by atoms with Gasteiger partial charge in [-0.2, -0.15) is 0 Å². The van der Waals surface area contributed by atoms with Crippen LogP contribution in [0.15, 0.2) is 59.5 Å². The highest BCUT2D eigenvalue weighted by molar-refractivity contribution is 5.96. The zero-order valence-corrected chi connectivity index (χ0v) is 16.9. The quantitative estimate of drug-likeness (QED) is 0.314. The van der Waals surface area contributed by atoms with Gasteiger partial charge in [-0.25, -0.2) is 9.78 Å². The number of fused-ring (bicyclic) bond motifs is 1. The molecule has 2 heterocycles. The van der Waals surface area contributed by atoms with Crippen LogP contribution in [0.5, 0.6) is 0 Å². The lowest BCUT2D eigenvalue weighted by Gasteiger charge is -2.16. The molecule has 11 heteroatoms. The fraction of sp³-hybridized carbons (Fsp3) is 0.190. The number of pyridine rings is 1. The minimum Gasteiger partial charge on any atom is -0.465 e. The summed E-state index contributed by atoms with van der Waals surface area (Å²) < 4.78 is 1.38. The van der Waals surface area contributed by atoms with Gasteiger partial charge >= 0.3 is 6.09 Å². The number of aromatic amines is 1. The third-order valence-corrected chi connectivity index (χ3v) is 4.55. The van der Waals surface area contributed by atoms with Crippen molar-refractivity contribution < 1.29 is 19.5 Å². The van der Waals surface area contributed by atoms with Crippen LogP contribution in [0.4, 0.5) is 10.5 Å². The standard InChI is InChI=1S/C21H22N6O5/c22-17(28)10-4-3-8-15(26-21(31)32)19(29)25-16-9-5-11-27(20(16)30)12-18-23-13-6-1-2-7-14(13)24-18/h1-2,4-7,9-11,15,26H,3,8,12H2,(H2,22,28)(H,23,24)(H,25,29)(H,31,32)/b10-4+. The summed E-state index contributed by atoms with van der Waals surface area (Å²) in [5.41, 5.74) is 6.14. The normalized spacial score (nSPS) is 12.0. The first-order valence-corrected chi connectivity index (χ1v) is 9.73. The Morgan fingerprint density at radius 2 is 2.00 bits per heavy atom. The fourth-order valence-corrected chi connectivity index (χ4v) is 3.10. The average Bonchev–Trinajstić information content (AvgIpc) is 3.15. The van der Waals surface area contributed by atoms with E-state index in [0.29, 0.717) is 5.82 Å². The van der Waals surface area contributed by atoms with Crippen LogP contribution in [0.1, 0.15) is 18.7 Å². The van der Waals surface area contributed by atoms with Crippen LogP contribution >= 0.6 is 0 Å². The van der Waals surface area contributed by atoms with Gasteiger partial charge in [0, 0.05) is 6.20 Å². The smallest absolute Gasteiger partial charge is 0.405 e. The highest BCUT2D eigenvalue weighted by atomic mass is 16.4. The van der Waals surface area contributed by atoms with E-state index in [1.807, 2.05) is 24.3 Å². The molecule has 3 amide bonds. The van der Waals surface area contributed by atoms with Gasteiger partial charge in [-0.3, -0.25) is 14.4 Å². The number of allylic oxidation sites excluding steroid dienone is 1. The van der Waals surface area contributed by atoms with Gasteiger partial charge < -0.3 is 31.0 Å². The molecule has 2 aromatic heterocycles. The third kappa shape index (κ3) is 5.81. The van der Waals surface area contributed by atoms with Crippen molar-refractivity contribution in [2.75, 3.05) is 5.32 Å². The molecule has 3 aromatic rings. The summed E-state index contributed by atoms with van der Waals surface area (Å²) in [6.07, 6.45) is 3.04. The van der Waals surface area contributed by atoms with Crippen molar-refractivity contribution in [1.82, 2.24) is 19.9 Å². The number of H-pyrrole nitrogens is 1. The predicted molar refractivity (Wildman–Crippen MR) is 117 cm³/mol. The molecule has 0 radical (unpaired) electrons. The number of rotatable bonds is 9. The number of para-hydroxylation sites is 2. The molecule has 0 fully saturated rings. The Balaban J connectivity index is 1.73. The second-order valence-corrected chi connectivity index (χ2v) is 6.93. The highest BCUT2D eigenvalue weighted by Gasteiger charge is 2.21. The van der Waals surface area contributed by atoms with E-state index in [9.17, 15) is 19.2 Å². The first-order valence-electron chi connectivity index (χ1n) is 9.73. The number of benzene rings is 1. The maximum atomic E-state index is 12.8. The first-order chi connectivity index (χ1) is 15.3. The molecule has 32 heavy (non-hydrogen) atoms. The monoisotopic (exact) mass is 438 g/mol. The molecule has 0 aliphatic rings. The lowest BCUT2D eigenvalue weighted by Crippen LogP contribution is -2.44. The summed E-state index contributed by atoms with van der Waals surface area (Å²) in [5, 5.41) is 13.6. The van der Waals surface area contributed by atoms with Gasteiger partial charge in [0.1, 0.15) is 17.6 Å². The van der Waals surface area contributed by atoms with Gasteiger partial charge in [-0.1, -0.05) is 18.2 Å². The van der Waals surface area contributed by atoms with E-state index >= 15 is 0 Å². The molecular formula is C21H22N6O5. The molecule has 11 nitrogen and oxygen atoms in total. The van der Waals surface area contributed by atoms with Gasteiger partial charge in [0.2, 0.25) is 11.8 Å². The van der Waals surface area contributed by atoms with Crippen LogP contribution in [0.2, 0.25) is 0 Å². The number of primary amides is 1. The van der Waals surface area contributed by atoms with E-state index in [4.69, 9.17) is 10.8 Å². The maximum absolute atomic E-state index is 12.8. The lowest BCUT2D eigenvalue weighted by atomic mass is 10.1. The van der Waals surface area contributed by atoms with Crippen molar-refractivity contribution in [3.63, 3.8) is 0 Å². The van der Waals surface area contributed by atoms with Gasteiger partial charge in [-0.05, 0) is 43.2 Å². The number of carbonyl (C=O) groups is 3. The number of nitrogens with zero attached hydrogens (tertiary/aromatic N) is 2. The van der Waals surface area contributed by atoms with Crippen molar-refractivity contribution in [2.45, 2.75) is 25.4 Å². The molecule has 0 aliphatic heterocycles. The fourth-order valence-electron chi connectivity index (χ4n) is 3.10. The molecule has 1 aromatic carbocycles. The van der Waals surface area contributed by atoms with E-state index in [-0.39, 0.29) is 25.1 Å². The number of nitrogens with one attached hydrogen (secondary N) is 3. The van der Waals surface area contributed by atoms with Crippen LogP contribution in [0.25, 0.3) is 11.0 Å². The number of anilines is 1. The van der Waals surface area contributed by atoms with Crippen molar-refractivity contribution in [3.8, 4) is 0 Å². The zero-order valence-electron chi connectivity index (χ0n) is 16.9. The Hall–Kier alpha value is -4.41. The van der Waals surface area contributed by atoms with Crippen molar-refractivity contribution in [1.29, 1.82) is 0 Å². The summed E-state index contributed by atoms with van der Waals surface area (Å²) in [6.45, 7) is 0.159. The van der Waals surface area contributed by atoms with E-state index in [2.05, 4.69) is 20.6 Å². The Morgan fingerprint density at radius 3 is 2.72 bits per heavy atom. The third-order valence-electron chi connectivity index (χ3n) is 4.55. The number of carboxylic acid groups (broad SMARTS) is 1. The van der Waals surface area contributed by atoms with Gasteiger partial charge in [0.05, 0.1) is 17.6 Å². The van der Waals surface area contributed by atoms with E-state index in [0.717, 1.165) is 17.1 Å². The van der Waals surface area contributed by atoms with Crippen molar-refractivity contribution in [2.24, 2.45) is 5.73 Å². The highest BCUT2D eigenvalue weighted by Crippen LogP contribution is 2.11. The van der Waals surface area contributed by atoms with Gasteiger partial charge in [-0.15, -0.1) is 0 Å². The molecule has 0 saturated heterocycles. The largest absolute Gasteiger partial charge is 0.465 e. The summed E-state index contributed by atoms with van der Waals surface area (Å²) in [4.78, 5) is 54.8. The number of nitrogens with two attached hydrogens (primary N) is 1. The zero-order chi connectivity index (χ0) is 23.1. The predicted octanol–water partition coefficient (Wildman–Crippen LogP) is 1.17. The summed E-state index contributed by atoms with van der Waals surface area (Å²) in [7, 11) is 0. The lowest BCUT2D eigenvalue weighted by molar-refractivity contribution is -0.118. The summed E-state index contributed by atoms with van der Waals surface area (Å²) >= 11 is 0. The first kappa shape index (κ1) is 22.3. The molecule has 0 saturated carbocycles. The molecule has 0 aliphatic carbocycles. The second kappa shape index (κ2) is 10.1.